The molecule has 11 nitrogen and oxygen atoms in total. The van der Waals surface area contributed by atoms with Gasteiger partial charge in [0.05, 0.1) is 31.0 Å². The van der Waals surface area contributed by atoms with E-state index in [1.54, 1.807) is 6.92 Å². The number of aromatic nitrogens is 1. The summed E-state index contributed by atoms with van der Waals surface area (Å²) in [5, 5.41) is 5.18. The van der Waals surface area contributed by atoms with E-state index in [4.69, 9.17) is 14.5 Å². The van der Waals surface area contributed by atoms with Gasteiger partial charge in [-0.15, -0.1) is 4.72 Å². The summed E-state index contributed by atoms with van der Waals surface area (Å²) in [6, 6.07) is 8.47. The van der Waals surface area contributed by atoms with Gasteiger partial charge in [-0.3, -0.25) is 24.4 Å². The number of hydrogen-bond acceptors (Lipinski definition) is 9. The number of hydrazine groups is 1. The molecule has 0 radical (unpaired) electrons. The summed E-state index contributed by atoms with van der Waals surface area (Å²) >= 11 is -1.21. The Morgan fingerprint density at radius 1 is 1.15 bits per heavy atom. The molecule has 46 heavy (non-hydrogen) atoms. The van der Waals surface area contributed by atoms with E-state index in [9.17, 15) is 18.9 Å². The summed E-state index contributed by atoms with van der Waals surface area (Å²) in [5.41, 5.74) is 5.55. The highest BCUT2D eigenvalue weighted by atomic mass is 32.2. The summed E-state index contributed by atoms with van der Waals surface area (Å²) in [4.78, 5) is 42.9. The van der Waals surface area contributed by atoms with Crippen molar-refractivity contribution in [3.8, 4) is 0 Å². The summed E-state index contributed by atoms with van der Waals surface area (Å²) in [5.74, 6) is -1.23. The third-order valence-corrected chi connectivity index (χ3v) is 9.39. The minimum absolute atomic E-state index is 0.00694. The van der Waals surface area contributed by atoms with E-state index in [0.717, 1.165) is 22.2 Å². The number of benzene rings is 1. The van der Waals surface area contributed by atoms with Gasteiger partial charge in [-0.25, -0.2) is 5.43 Å². The van der Waals surface area contributed by atoms with Crippen LogP contribution in [0.15, 0.2) is 36.4 Å². The second kappa shape index (κ2) is 16.7. The molecule has 6 atom stereocenters. The lowest BCUT2D eigenvalue weighted by molar-refractivity contribution is -0.151. The molecule has 254 valence electrons. The highest BCUT2D eigenvalue weighted by Crippen LogP contribution is 2.22. The first-order chi connectivity index (χ1) is 21.6. The van der Waals surface area contributed by atoms with Crippen LogP contribution in [0.25, 0.3) is 17.0 Å². The van der Waals surface area contributed by atoms with E-state index in [1.165, 1.54) is 12.1 Å². The molecule has 1 aromatic carbocycles. The minimum Gasteiger partial charge on any atom is -0.598 e. The topological polar surface area (TPSA) is 145 Å². The molecule has 5 unspecified atom stereocenters. The Morgan fingerprint density at radius 2 is 1.85 bits per heavy atom. The third kappa shape index (κ3) is 10.5. The Bertz CT molecular complexity index is 1380. The van der Waals surface area contributed by atoms with Crippen molar-refractivity contribution in [1.82, 2.24) is 25.5 Å². The van der Waals surface area contributed by atoms with E-state index in [1.807, 2.05) is 91.0 Å². The fourth-order valence-corrected chi connectivity index (χ4v) is 5.69. The number of nitrogens with zero attached hydrogens (tertiary/aromatic N) is 2. The lowest BCUT2D eigenvalue weighted by Gasteiger charge is -2.34. The van der Waals surface area contributed by atoms with E-state index in [0.29, 0.717) is 26.0 Å². The van der Waals surface area contributed by atoms with E-state index in [2.05, 4.69) is 15.5 Å². The largest absolute Gasteiger partial charge is 0.598 e. The van der Waals surface area contributed by atoms with Crippen molar-refractivity contribution in [3.05, 3.63) is 47.7 Å². The quantitative estimate of drug-likeness (QED) is 0.213. The van der Waals surface area contributed by atoms with Crippen molar-refractivity contribution in [2.75, 3.05) is 20.3 Å². The highest BCUT2D eigenvalue weighted by molar-refractivity contribution is 7.90. The fraction of sp³-hybridized carbons (Fsp3) is 0.588. The van der Waals surface area contributed by atoms with Crippen LogP contribution in [0.5, 0.6) is 0 Å². The predicted octanol–water partition coefficient (Wildman–Crippen LogP) is 4.21. The third-order valence-electron chi connectivity index (χ3n) is 7.71. The molecule has 1 fully saturated rings. The molecule has 1 aromatic heterocycles. The van der Waals surface area contributed by atoms with Crippen LogP contribution in [-0.4, -0.2) is 75.5 Å². The average Bonchev–Trinajstić information content (AvgIpc) is 3.01. The Labute approximate surface area is 276 Å². The lowest BCUT2D eigenvalue weighted by atomic mass is 10.0. The average molecular weight is 658 g/mol. The standard InChI is InChI=1S/C34H51N5O6S/c1-21(2)30(31(40)35-24(5)32(41)39-18-10-11-28(37-39)33(42)44-9)45-20-22(3)12-13-25-14-15-26-16-17-27(36-29(26)19-25)23(4)38-46(43)34(6,7)8/h12-17,19,21-24,28,30,37-38H,10-11,18,20H2,1-9H3,(H,35,40)/b13-12+/t22?,23?,24?,28-,30?,46?/m0/s1. The van der Waals surface area contributed by atoms with Crippen LogP contribution in [0.3, 0.4) is 0 Å². The molecule has 3 N–H and O–H groups in total. The lowest BCUT2D eigenvalue weighted by Crippen LogP contribution is -2.60. The molecule has 1 aliphatic rings. The maximum Gasteiger partial charge on any atom is 0.324 e. The Balaban J connectivity index is 1.57. The number of fused-ring (bicyclic) bond motifs is 1. The molecule has 12 heteroatoms. The number of rotatable bonds is 13. The van der Waals surface area contributed by atoms with Crippen LogP contribution in [0, 0.1) is 11.8 Å². The van der Waals surface area contributed by atoms with Gasteiger partial charge in [0.15, 0.2) is 0 Å². The second-order valence-corrected chi connectivity index (χ2v) is 15.3. The number of carbonyl (C=O) groups is 3. The van der Waals surface area contributed by atoms with Crippen LogP contribution in [-0.2, 0) is 35.2 Å². The van der Waals surface area contributed by atoms with Gasteiger partial charge in [0.25, 0.3) is 5.91 Å². The molecule has 2 heterocycles. The zero-order valence-electron chi connectivity index (χ0n) is 28.6. The van der Waals surface area contributed by atoms with Gasteiger partial charge in [0.1, 0.15) is 22.9 Å². The number of esters is 1. The Morgan fingerprint density at radius 3 is 2.50 bits per heavy atom. The molecular formula is C34H51N5O6S. The first kappa shape index (κ1) is 37.4. The smallest absolute Gasteiger partial charge is 0.324 e. The maximum atomic E-state index is 13.2. The van der Waals surface area contributed by atoms with Gasteiger partial charge in [-0.05, 0) is 77.0 Å². The Kier molecular flexibility index (Phi) is 13.6. The number of nitrogens with one attached hydrogen (secondary N) is 3. The zero-order valence-corrected chi connectivity index (χ0v) is 29.4. The molecule has 2 amide bonds. The molecule has 0 aliphatic carbocycles. The summed E-state index contributed by atoms with van der Waals surface area (Å²) in [7, 11) is 1.31. The highest BCUT2D eigenvalue weighted by Gasteiger charge is 2.33. The summed E-state index contributed by atoms with van der Waals surface area (Å²) in [6.45, 7) is 15.9. The molecule has 3 rings (SSSR count). The molecule has 1 saturated heterocycles. The molecular weight excluding hydrogens is 606 g/mol. The number of carbonyl (C=O) groups excluding carboxylic acids is 3. The number of ether oxygens (including phenoxy) is 2. The van der Waals surface area contributed by atoms with Crippen LogP contribution in [0.4, 0.5) is 0 Å². The first-order valence-electron chi connectivity index (χ1n) is 15.9. The monoisotopic (exact) mass is 657 g/mol. The Hall–Kier alpha value is -3.03. The maximum absolute atomic E-state index is 13.2. The van der Waals surface area contributed by atoms with Crippen LogP contribution in [0.2, 0.25) is 0 Å². The van der Waals surface area contributed by atoms with Crippen molar-refractivity contribution in [2.24, 2.45) is 11.8 Å². The van der Waals surface area contributed by atoms with Crippen LogP contribution < -0.4 is 15.5 Å². The molecule has 0 bridgehead atoms. The second-order valence-electron chi connectivity index (χ2n) is 13.3. The first-order valence-corrected chi connectivity index (χ1v) is 17.1. The molecule has 1 aliphatic heterocycles. The minimum atomic E-state index is -1.21. The summed E-state index contributed by atoms with van der Waals surface area (Å²) < 4.78 is 26.2. The van der Waals surface area contributed by atoms with Gasteiger partial charge < -0.3 is 19.3 Å². The predicted molar refractivity (Wildman–Crippen MR) is 181 cm³/mol. The zero-order chi connectivity index (χ0) is 34.2. The van der Waals surface area contributed by atoms with Crippen LogP contribution in [0.1, 0.15) is 85.5 Å². The van der Waals surface area contributed by atoms with Crippen molar-refractivity contribution in [3.63, 3.8) is 0 Å². The van der Waals surface area contributed by atoms with E-state index >= 15 is 0 Å². The SMILES string of the molecule is COC(=O)[C@@H]1CCCN(C(=O)C(C)NC(=O)C(OCC(C)/C=C/c2ccc3ccc(C(C)N[S+]([O-])C(C)(C)C)nc3c2)C(C)C)N1. The van der Waals surface area contributed by atoms with Crippen molar-refractivity contribution in [1.29, 1.82) is 0 Å². The fourth-order valence-electron chi connectivity index (χ4n) is 4.90. The van der Waals surface area contributed by atoms with E-state index in [-0.39, 0.29) is 34.4 Å². The van der Waals surface area contributed by atoms with Crippen molar-refractivity contribution in [2.45, 2.75) is 97.2 Å². The van der Waals surface area contributed by atoms with Crippen molar-refractivity contribution < 1.29 is 28.4 Å². The van der Waals surface area contributed by atoms with Crippen molar-refractivity contribution >= 4 is 46.1 Å². The molecule has 2 aromatic rings. The molecule has 0 saturated carbocycles. The van der Waals surface area contributed by atoms with E-state index < -0.39 is 35.5 Å². The number of pyridine rings is 1. The number of methoxy groups -OCH3 is 1. The summed E-state index contributed by atoms with van der Waals surface area (Å²) in [6.07, 6.45) is 4.52. The number of amides is 2. The van der Waals surface area contributed by atoms with Gasteiger partial charge >= 0.3 is 5.97 Å². The van der Waals surface area contributed by atoms with Gasteiger partial charge in [0.2, 0.25) is 5.91 Å². The van der Waals surface area contributed by atoms with Crippen LogP contribution >= 0.6 is 0 Å². The van der Waals surface area contributed by atoms with Gasteiger partial charge in [0, 0.05) is 23.3 Å². The van der Waals surface area contributed by atoms with Gasteiger partial charge in [-0.1, -0.05) is 51.1 Å². The normalized spacial score (nSPS) is 19.1. The van der Waals surface area contributed by atoms with Gasteiger partial charge in [-0.2, -0.15) is 0 Å². The molecule has 0 spiro atoms. The number of hydrogen-bond donors (Lipinski definition) is 3.